The van der Waals surface area contributed by atoms with E-state index in [2.05, 4.69) is 15.3 Å². The molecule has 10 heteroatoms. The number of hydrogen-bond acceptors (Lipinski definition) is 6. The number of ether oxygens (including phenoxy) is 1. The van der Waals surface area contributed by atoms with E-state index in [4.69, 9.17) is 4.74 Å². The summed E-state index contributed by atoms with van der Waals surface area (Å²) in [5.41, 5.74) is 0.923. The van der Waals surface area contributed by atoms with Gasteiger partial charge in [0.15, 0.2) is 0 Å². The van der Waals surface area contributed by atoms with E-state index in [1.165, 1.54) is 0 Å². The zero-order valence-corrected chi connectivity index (χ0v) is 20.6. The summed E-state index contributed by atoms with van der Waals surface area (Å²) in [6.45, 7) is 2.09. The molecule has 0 unspecified atom stereocenters. The van der Waals surface area contributed by atoms with Crippen LogP contribution in [0.5, 0.6) is 5.75 Å². The van der Waals surface area contributed by atoms with Crippen LogP contribution in [0.2, 0.25) is 0 Å². The number of rotatable bonds is 9. The molecule has 36 heavy (non-hydrogen) atoms. The van der Waals surface area contributed by atoms with Gasteiger partial charge >= 0.3 is 5.69 Å². The van der Waals surface area contributed by atoms with Gasteiger partial charge < -0.3 is 25.1 Å². The first-order valence-electron chi connectivity index (χ1n) is 12.1. The van der Waals surface area contributed by atoms with Crippen molar-refractivity contribution >= 4 is 31.8 Å². The molecule has 0 aliphatic carbocycles. The lowest BCUT2D eigenvalue weighted by atomic mass is 9.98. The summed E-state index contributed by atoms with van der Waals surface area (Å²) >= 11 is 0. The molecule has 1 aromatic heterocycles. The number of hydrogen-bond donors (Lipinski definition) is 4. The number of piperidine rings is 1. The number of benzene rings is 3. The molecule has 9 nitrogen and oxygen atoms in total. The molecule has 1 fully saturated rings. The smallest absolute Gasteiger partial charge is 0.323 e. The number of para-hydroxylation sites is 1. The van der Waals surface area contributed by atoms with Crippen LogP contribution in [-0.4, -0.2) is 66.7 Å². The topological polar surface area (TPSA) is 128 Å². The lowest BCUT2D eigenvalue weighted by Gasteiger charge is -2.31. The molecule has 190 valence electrons. The quantitative estimate of drug-likeness (QED) is 0.274. The normalized spacial score (nSPS) is 16.5. The number of nitrogens with one attached hydrogen (secondary N) is 3. The molecule has 1 saturated heterocycles. The first-order valence-corrected chi connectivity index (χ1v) is 13.6. The highest BCUT2D eigenvalue weighted by Crippen LogP contribution is 2.26. The number of sulfonamides is 1. The van der Waals surface area contributed by atoms with Gasteiger partial charge in [-0.3, -0.25) is 0 Å². The first kappa shape index (κ1) is 24.5. The minimum absolute atomic E-state index is 0.0851. The van der Waals surface area contributed by atoms with Crippen molar-refractivity contribution in [2.45, 2.75) is 23.8 Å². The van der Waals surface area contributed by atoms with Crippen LogP contribution < -0.4 is 15.7 Å². The maximum Gasteiger partial charge on any atom is 0.323 e. The fraction of sp³-hybridized carbons (Fsp3) is 0.346. The Kier molecular flexibility index (Phi) is 7.10. The molecule has 1 aliphatic rings. The number of fused-ring (bicyclic) bond motifs is 2. The molecule has 4 aromatic rings. The van der Waals surface area contributed by atoms with Crippen LogP contribution in [-0.2, 0) is 10.0 Å². The Balaban J connectivity index is 1.07. The van der Waals surface area contributed by atoms with Crippen molar-refractivity contribution in [2.75, 3.05) is 32.8 Å². The van der Waals surface area contributed by atoms with E-state index < -0.39 is 16.1 Å². The van der Waals surface area contributed by atoms with E-state index in [0.717, 1.165) is 23.6 Å². The lowest BCUT2D eigenvalue weighted by molar-refractivity contribution is 0.105. The average molecular weight is 511 g/mol. The average Bonchev–Trinajstić information content (AvgIpc) is 3.28. The second-order valence-corrected chi connectivity index (χ2v) is 11.2. The summed E-state index contributed by atoms with van der Waals surface area (Å²) in [7, 11) is -3.53. The zero-order chi connectivity index (χ0) is 25.1. The zero-order valence-electron chi connectivity index (χ0n) is 19.8. The van der Waals surface area contributed by atoms with Gasteiger partial charge in [0.2, 0.25) is 10.0 Å². The summed E-state index contributed by atoms with van der Waals surface area (Å²) in [6, 6.07) is 18.3. The summed E-state index contributed by atoms with van der Waals surface area (Å²) in [5, 5.41) is 15.5. The molecule has 2 heterocycles. The van der Waals surface area contributed by atoms with E-state index in [9.17, 15) is 18.3 Å². The largest absolute Gasteiger partial charge is 0.489 e. The fourth-order valence-corrected chi connectivity index (χ4v) is 6.19. The van der Waals surface area contributed by atoms with Crippen molar-refractivity contribution in [3.05, 3.63) is 71.1 Å². The predicted octanol–water partition coefficient (Wildman–Crippen LogP) is 2.44. The molecule has 1 aliphatic heterocycles. The number of aliphatic hydroxyl groups excluding tert-OH is 1. The van der Waals surface area contributed by atoms with Crippen LogP contribution in [0.15, 0.2) is 70.4 Å². The number of aliphatic hydroxyl groups is 1. The summed E-state index contributed by atoms with van der Waals surface area (Å²) < 4.78 is 33.6. The van der Waals surface area contributed by atoms with Gasteiger partial charge in [-0.05, 0) is 60.3 Å². The lowest BCUT2D eigenvalue weighted by Crippen LogP contribution is -2.42. The molecule has 0 saturated carbocycles. The Morgan fingerprint density at radius 3 is 2.61 bits per heavy atom. The van der Waals surface area contributed by atoms with E-state index >= 15 is 0 Å². The molecule has 5 rings (SSSR count). The van der Waals surface area contributed by atoms with Gasteiger partial charge in [-0.25, -0.2) is 13.2 Å². The SMILES string of the molecule is O=c1[nH]c2cccc(OC[C@H](O)CNCC3CCN(S(=O)(=O)c4ccc5ccccc5c4)CC3)c2[nH]1. The Labute approximate surface area is 209 Å². The van der Waals surface area contributed by atoms with Crippen LogP contribution in [0.1, 0.15) is 12.8 Å². The second-order valence-electron chi connectivity index (χ2n) is 9.24. The molecule has 1 atom stereocenters. The number of aromatic nitrogens is 2. The number of nitrogens with zero attached hydrogens (tertiary/aromatic N) is 1. The van der Waals surface area contributed by atoms with Crippen molar-refractivity contribution < 1.29 is 18.3 Å². The monoisotopic (exact) mass is 510 g/mol. The fourth-order valence-electron chi connectivity index (χ4n) is 4.68. The number of H-pyrrole nitrogens is 2. The highest BCUT2D eigenvalue weighted by atomic mass is 32.2. The van der Waals surface area contributed by atoms with Gasteiger partial charge in [-0.15, -0.1) is 0 Å². The van der Waals surface area contributed by atoms with Crippen LogP contribution >= 0.6 is 0 Å². The van der Waals surface area contributed by atoms with Gasteiger partial charge in [-0.1, -0.05) is 36.4 Å². The molecule has 0 spiro atoms. The first-order chi connectivity index (χ1) is 17.4. The molecule has 0 amide bonds. The summed E-state index contributed by atoms with van der Waals surface area (Å²) in [6.07, 6.45) is 0.795. The van der Waals surface area contributed by atoms with Gasteiger partial charge in [-0.2, -0.15) is 4.31 Å². The number of imidazole rings is 1. The van der Waals surface area contributed by atoms with E-state index in [-0.39, 0.29) is 12.3 Å². The van der Waals surface area contributed by atoms with Crippen LogP contribution in [0.4, 0.5) is 0 Å². The molecule has 0 bridgehead atoms. The Hall–Kier alpha value is -3.18. The van der Waals surface area contributed by atoms with E-state index in [1.807, 2.05) is 30.3 Å². The van der Waals surface area contributed by atoms with Crippen molar-refractivity contribution in [2.24, 2.45) is 5.92 Å². The van der Waals surface area contributed by atoms with Gasteiger partial charge in [0.05, 0.1) is 10.4 Å². The minimum Gasteiger partial charge on any atom is -0.489 e. The van der Waals surface area contributed by atoms with Gasteiger partial charge in [0.25, 0.3) is 0 Å². The molecule has 0 radical (unpaired) electrons. The van der Waals surface area contributed by atoms with Crippen LogP contribution in [0, 0.1) is 5.92 Å². The van der Waals surface area contributed by atoms with Crippen molar-refractivity contribution in [3.63, 3.8) is 0 Å². The molecule has 3 aromatic carbocycles. The van der Waals surface area contributed by atoms with Crippen molar-refractivity contribution in [1.82, 2.24) is 19.6 Å². The van der Waals surface area contributed by atoms with Crippen LogP contribution in [0.25, 0.3) is 21.8 Å². The highest BCUT2D eigenvalue weighted by molar-refractivity contribution is 7.89. The Bertz CT molecular complexity index is 1510. The van der Waals surface area contributed by atoms with E-state index in [0.29, 0.717) is 53.8 Å². The number of aromatic amines is 2. The third kappa shape index (κ3) is 5.31. The Morgan fingerprint density at radius 2 is 1.81 bits per heavy atom. The van der Waals surface area contributed by atoms with Gasteiger partial charge in [0.1, 0.15) is 24.0 Å². The van der Waals surface area contributed by atoms with Gasteiger partial charge in [0, 0.05) is 19.6 Å². The summed E-state index contributed by atoms with van der Waals surface area (Å²) in [5.74, 6) is 0.838. The van der Waals surface area contributed by atoms with Crippen LogP contribution in [0.3, 0.4) is 0 Å². The van der Waals surface area contributed by atoms with Crippen molar-refractivity contribution in [3.8, 4) is 5.75 Å². The third-order valence-electron chi connectivity index (χ3n) is 6.69. The standard InChI is InChI=1S/C26H30N4O5S/c31-21(17-35-24-7-3-6-23-25(24)29-26(32)28-23)16-27-15-18-10-12-30(13-11-18)36(33,34)22-9-8-19-4-1-2-5-20(19)14-22/h1-9,14,18,21,27,31H,10-13,15-17H2,(H2,28,29,32)/t21-/m1/s1. The maximum absolute atomic E-state index is 13.2. The third-order valence-corrected chi connectivity index (χ3v) is 8.58. The molecular formula is C26H30N4O5S. The maximum atomic E-state index is 13.2. The van der Waals surface area contributed by atoms with Crippen molar-refractivity contribution in [1.29, 1.82) is 0 Å². The Morgan fingerprint density at radius 1 is 1.03 bits per heavy atom. The summed E-state index contributed by atoms with van der Waals surface area (Å²) in [4.78, 5) is 17.2. The molecule has 4 N–H and O–H groups in total. The predicted molar refractivity (Wildman–Crippen MR) is 139 cm³/mol. The van der Waals surface area contributed by atoms with E-state index in [1.54, 1.807) is 34.6 Å². The second kappa shape index (κ2) is 10.4. The molecular weight excluding hydrogens is 480 g/mol. The minimum atomic E-state index is -3.53. The highest BCUT2D eigenvalue weighted by Gasteiger charge is 2.29.